The lowest BCUT2D eigenvalue weighted by molar-refractivity contribution is -0.131. The molecular formula is C42H49FN6O6. The van der Waals surface area contributed by atoms with Crippen LogP contribution in [0.2, 0.25) is 0 Å². The Balaban J connectivity index is 0.935. The quantitative estimate of drug-likeness (QED) is 0.161. The van der Waals surface area contributed by atoms with Crippen LogP contribution in [-0.2, 0) is 14.3 Å². The average Bonchev–Trinajstić information content (AvgIpc) is 3.99. The summed E-state index contributed by atoms with van der Waals surface area (Å²) in [5.74, 6) is 1.31. The fraction of sp³-hybridized carbons (Fsp3) is 0.429. The molecule has 2 saturated heterocycles. The Hall–Kier alpha value is -5.43. The van der Waals surface area contributed by atoms with Gasteiger partial charge in [0.1, 0.15) is 34.1 Å². The number of carbonyl (C=O) groups is 3. The second-order valence-corrected chi connectivity index (χ2v) is 15.7. The number of methoxy groups -OCH3 is 1. The average molecular weight is 753 g/mol. The molecule has 2 aliphatic heterocycles. The third-order valence-electron chi connectivity index (χ3n) is 10.6. The first-order chi connectivity index (χ1) is 26.4. The maximum absolute atomic E-state index is 13.3. The number of nitrogens with one attached hydrogen (secondary N) is 2. The molecule has 0 radical (unpaired) electrons. The monoisotopic (exact) mass is 752 g/mol. The second kappa shape index (κ2) is 15.7. The van der Waals surface area contributed by atoms with Crippen LogP contribution in [0.3, 0.4) is 0 Å². The van der Waals surface area contributed by atoms with Gasteiger partial charge in [-0.3, -0.25) is 19.5 Å². The van der Waals surface area contributed by atoms with E-state index in [1.165, 1.54) is 24.3 Å². The van der Waals surface area contributed by atoms with Gasteiger partial charge in [-0.1, -0.05) is 0 Å². The van der Waals surface area contributed by atoms with Crippen molar-refractivity contribution in [1.29, 1.82) is 0 Å². The first-order valence-corrected chi connectivity index (χ1v) is 19.0. The van der Waals surface area contributed by atoms with E-state index in [1.54, 1.807) is 37.6 Å². The molecule has 55 heavy (non-hydrogen) atoms. The first-order valence-electron chi connectivity index (χ1n) is 19.0. The maximum atomic E-state index is 13.3. The molecule has 3 aliphatic rings. The van der Waals surface area contributed by atoms with Crippen LogP contribution in [0.5, 0.6) is 17.2 Å². The summed E-state index contributed by atoms with van der Waals surface area (Å²) in [6.07, 6.45) is 4.48. The summed E-state index contributed by atoms with van der Waals surface area (Å²) in [6, 6.07) is 18.3. The molecule has 0 unspecified atom stereocenters. The lowest BCUT2D eigenvalue weighted by atomic mass is 9.95. The van der Waals surface area contributed by atoms with Crippen molar-refractivity contribution in [1.82, 2.24) is 14.8 Å². The van der Waals surface area contributed by atoms with Gasteiger partial charge in [0.2, 0.25) is 11.8 Å². The third-order valence-corrected chi connectivity index (χ3v) is 10.6. The van der Waals surface area contributed by atoms with Crippen LogP contribution in [0.15, 0.2) is 72.9 Å². The highest BCUT2D eigenvalue weighted by molar-refractivity contribution is 6.16. The predicted molar refractivity (Wildman–Crippen MR) is 209 cm³/mol. The molecule has 3 fully saturated rings. The van der Waals surface area contributed by atoms with Crippen LogP contribution in [0.25, 0.3) is 10.9 Å². The fourth-order valence-electron chi connectivity index (χ4n) is 7.25. The van der Waals surface area contributed by atoms with Crippen LogP contribution >= 0.6 is 0 Å². The number of halogens is 1. The second-order valence-electron chi connectivity index (χ2n) is 15.7. The molecule has 1 aromatic heterocycles. The number of aromatic nitrogens is 1. The molecule has 3 heterocycles. The summed E-state index contributed by atoms with van der Waals surface area (Å²) in [5, 5.41) is 6.40. The van der Waals surface area contributed by atoms with Gasteiger partial charge >= 0.3 is 6.09 Å². The van der Waals surface area contributed by atoms with Crippen molar-refractivity contribution in [3.8, 4) is 17.2 Å². The van der Waals surface area contributed by atoms with Gasteiger partial charge < -0.3 is 34.6 Å². The van der Waals surface area contributed by atoms with Gasteiger partial charge in [-0.25, -0.2) is 9.18 Å². The van der Waals surface area contributed by atoms with E-state index < -0.39 is 22.7 Å². The van der Waals surface area contributed by atoms with Crippen molar-refractivity contribution < 1.29 is 33.0 Å². The van der Waals surface area contributed by atoms with Crippen LogP contribution in [0, 0.1) is 17.2 Å². The number of hydrogen-bond acceptors (Lipinski definition) is 9. The van der Waals surface area contributed by atoms with E-state index in [0.717, 1.165) is 67.9 Å². The van der Waals surface area contributed by atoms with Gasteiger partial charge in [-0.05, 0) is 119 Å². The largest absolute Gasteiger partial charge is 0.495 e. The van der Waals surface area contributed by atoms with Crippen LogP contribution in [0.4, 0.5) is 26.2 Å². The smallest absolute Gasteiger partial charge is 0.410 e. The van der Waals surface area contributed by atoms with Crippen LogP contribution in [-0.4, -0.2) is 91.2 Å². The molecule has 0 spiro atoms. The lowest BCUT2D eigenvalue weighted by Crippen LogP contribution is -2.51. The molecule has 3 aromatic carbocycles. The number of piperidine rings is 1. The zero-order chi connectivity index (χ0) is 38.7. The maximum Gasteiger partial charge on any atom is 0.410 e. The number of nitrogens with zero attached hydrogens (tertiary/aromatic N) is 4. The highest BCUT2D eigenvalue weighted by Crippen LogP contribution is 2.47. The van der Waals surface area contributed by atoms with Crippen molar-refractivity contribution in [3.05, 3.63) is 78.7 Å². The third kappa shape index (κ3) is 8.94. The number of ether oxygens (including phenoxy) is 3. The minimum atomic E-state index is -1.16. The fourth-order valence-corrected chi connectivity index (χ4v) is 7.25. The zero-order valence-electron chi connectivity index (χ0n) is 31.9. The Bertz CT molecular complexity index is 2020. The lowest BCUT2D eigenvalue weighted by Gasteiger charge is -2.39. The Morgan fingerprint density at radius 1 is 0.836 bits per heavy atom. The Morgan fingerprint density at radius 3 is 2.04 bits per heavy atom. The summed E-state index contributed by atoms with van der Waals surface area (Å²) in [7, 11) is 1.68. The molecule has 0 atom stereocenters. The van der Waals surface area contributed by atoms with Crippen molar-refractivity contribution in [3.63, 3.8) is 0 Å². The van der Waals surface area contributed by atoms with E-state index in [4.69, 9.17) is 14.2 Å². The standard InChI is InChI=1S/C42H49FN6O6/c1-41(2,3)55-40(52)49-23-21-47(22-24-49)27-28-14-19-48(20-15-28)35-26-34-33(25-37(35)53-4)36(13-18-44-34)54-32-11-9-31(10-12-32)46-39(51)42(16-17-42)38(50)45-30-7-5-29(43)6-8-30/h5-13,18,25-26,28H,14-17,19-24,27H2,1-4H3,(H,45,50)(H,46,51). The number of hydrogen-bond donors (Lipinski definition) is 2. The van der Waals surface area contributed by atoms with Crippen LogP contribution < -0.4 is 25.0 Å². The predicted octanol–water partition coefficient (Wildman–Crippen LogP) is 7.30. The SMILES string of the molecule is COc1cc2c(Oc3ccc(NC(=O)C4(C(=O)Nc5ccc(F)cc5)CC4)cc3)ccnc2cc1N1CCC(CN2CCN(C(=O)OC(C)(C)C)CC2)CC1. The Labute approximate surface area is 320 Å². The minimum absolute atomic E-state index is 0.229. The first kappa shape index (κ1) is 37.9. The van der Waals surface area contributed by atoms with E-state index in [9.17, 15) is 18.8 Å². The molecule has 290 valence electrons. The molecule has 1 saturated carbocycles. The Kier molecular flexibility index (Phi) is 10.8. The molecule has 0 bridgehead atoms. The number of piperazine rings is 1. The summed E-state index contributed by atoms with van der Waals surface area (Å²) in [4.78, 5) is 49.9. The summed E-state index contributed by atoms with van der Waals surface area (Å²) < 4.78 is 31.0. The van der Waals surface area contributed by atoms with E-state index in [0.29, 0.717) is 54.7 Å². The number of benzene rings is 3. The van der Waals surface area contributed by atoms with Gasteiger partial charge in [0.05, 0.1) is 18.3 Å². The molecule has 3 amide bonds. The van der Waals surface area contributed by atoms with Gasteiger partial charge in [-0.2, -0.15) is 0 Å². The Morgan fingerprint density at radius 2 is 1.45 bits per heavy atom. The zero-order valence-corrected chi connectivity index (χ0v) is 31.9. The highest BCUT2D eigenvalue weighted by atomic mass is 19.1. The van der Waals surface area contributed by atoms with Crippen molar-refractivity contribution in [2.45, 2.75) is 52.1 Å². The summed E-state index contributed by atoms with van der Waals surface area (Å²) in [6.45, 7) is 11.6. The van der Waals surface area contributed by atoms with Gasteiger partial charge in [0.15, 0.2) is 0 Å². The van der Waals surface area contributed by atoms with E-state index in [2.05, 4.69) is 31.5 Å². The molecule has 2 N–H and O–H groups in total. The number of carbonyl (C=O) groups excluding carboxylic acids is 3. The van der Waals surface area contributed by atoms with Crippen molar-refractivity contribution in [2.75, 3.05) is 68.5 Å². The van der Waals surface area contributed by atoms with E-state index in [1.807, 2.05) is 37.8 Å². The molecular weight excluding hydrogens is 703 g/mol. The molecule has 13 heteroatoms. The number of pyridine rings is 1. The molecule has 7 rings (SSSR count). The highest BCUT2D eigenvalue weighted by Gasteiger charge is 2.56. The number of amides is 3. The minimum Gasteiger partial charge on any atom is -0.495 e. The van der Waals surface area contributed by atoms with Gasteiger partial charge in [0, 0.05) is 68.8 Å². The summed E-state index contributed by atoms with van der Waals surface area (Å²) >= 11 is 0. The number of anilines is 3. The van der Waals surface area contributed by atoms with Crippen molar-refractivity contribution in [2.24, 2.45) is 11.3 Å². The molecule has 12 nitrogen and oxygen atoms in total. The van der Waals surface area contributed by atoms with Gasteiger partial charge in [0.25, 0.3) is 0 Å². The topological polar surface area (TPSA) is 126 Å². The molecule has 1 aliphatic carbocycles. The van der Waals surface area contributed by atoms with Crippen molar-refractivity contribution >= 4 is 45.9 Å². The number of fused-ring (bicyclic) bond motifs is 1. The number of rotatable bonds is 10. The normalized spacial score (nSPS) is 17.4. The summed E-state index contributed by atoms with van der Waals surface area (Å²) in [5.41, 5.74) is 1.12. The van der Waals surface area contributed by atoms with Crippen LogP contribution in [0.1, 0.15) is 46.5 Å². The van der Waals surface area contributed by atoms with E-state index >= 15 is 0 Å². The molecule has 4 aromatic rings. The van der Waals surface area contributed by atoms with Gasteiger partial charge in [-0.15, -0.1) is 0 Å². The van der Waals surface area contributed by atoms with E-state index in [-0.39, 0.29) is 12.0 Å².